The molecule has 3 N–H and O–H groups in total. The van der Waals surface area contributed by atoms with Crippen molar-refractivity contribution in [3.63, 3.8) is 0 Å². The minimum atomic E-state index is -2.97. The fraction of sp³-hybridized carbons (Fsp3) is 0.400. The minimum Gasteiger partial charge on any atom is -0.361 e. The van der Waals surface area contributed by atoms with E-state index in [1.54, 1.807) is 0 Å². The molecule has 0 radical (unpaired) electrons. The Labute approximate surface area is 129 Å². The van der Waals surface area contributed by atoms with Crippen LogP contribution >= 0.6 is 0 Å². The highest BCUT2D eigenvalue weighted by Gasteiger charge is 2.28. The number of nitrogens with one attached hydrogen (secondary N) is 3. The largest absolute Gasteiger partial charge is 0.361 e. The molecule has 0 spiro atoms. The van der Waals surface area contributed by atoms with Gasteiger partial charge in [0.15, 0.2) is 9.84 Å². The lowest BCUT2D eigenvalue weighted by Gasteiger charge is -2.11. The second-order valence-corrected chi connectivity index (χ2v) is 7.84. The lowest BCUT2D eigenvalue weighted by atomic mass is 10.1. The average molecular weight is 321 g/mol. The van der Waals surface area contributed by atoms with E-state index in [2.05, 4.69) is 15.6 Å². The SMILES string of the molecule is O=C(NCCc1c[nH]c2ccccc12)N[C@@H]1CCS(=O)(=O)C1. The average Bonchev–Trinajstić information content (AvgIpc) is 3.03. The van der Waals surface area contributed by atoms with Gasteiger partial charge in [-0.05, 0) is 24.5 Å². The van der Waals surface area contributed by atoms with E-state index in [4.69, 9.17) is 0 Å². The van der Waals surface area contributed by atoms with E-state index >= 15 is 0 Å². The van der Waals surface area contributed by atoms with Crippen LogP contribution in [-0.2, 0) is 16.3 Å². The summed E-state index contributed by atoms with van der Waals surface area (Å²) in [6.45, 7) is 0.507. The van der Waals surface area contributed by atoms with E-state index < -0.39 is 9.84 Å². The first kappa shape index (κ1) is 14.9. The Bertz CT molecular complexity index is 782. The van der Waals surface area contributed by atoms with Crippen LogP contribution < -0.4 is 10.6 Å². The summed E-state index contributed by atoms with van der Waals surface area (Å²) in [6, 6.07) is 7.45. The van der Waals surface area contributed by atoms with Gasteiger partial charge in [0.05, 0.1) is 11.5 Å². The quantitative estimate of drug-likeness (QED) is 0.790. The third-order valence-corrected chi connectivity index (χ3v) is 5.69. The monoisotopic (exact) mass is 321 g/mol. The number of amides is 2. The van der Waals surface area contributed by atoms with Crippen LogP contribution in [0.3, 0.4) is 0 Å². The molecule has 1 aromatic heterocycles. The predicted octanol–water partition coefficient (Wildman–Crippen LogP) is 1.20. The van der Waals surface area contributed by atoms with E-state index in [0.29, 0.717) is 13.0 Å². The molecule has 0 saturated carbocycles. The first-order valence-corrected chi connectivity index (χ1v) is 9.15. The number of H-pyrrole nitrogens is 1. The van der Waals surface area contributed by atoms with Crippen molar-refractivity contribution >= 4 is 26.8 Å². The maximum Gasteiger partial charge on any atom is 0.315 e. The van der Waals surface area contributed by atoms with E-state index in [1.165, 1.54) is 0 Å². The minimum absolute atomic E-state index is 0.0445. The van der Waals surface area contributed by atoms with Crippen molar-refractivity contribution < 1.29 is 13.2 Å². The van der Waals surface area contributed by atoms with Gasteiger partial charge in [0, 0.05) is 29.7 Å². The van der Waals surface area contributed by atoms with Gasteiger partial charge in [0.25, 0.3) is 0 Å². The molecule has 1 atom stereocenters. The molecule has 118 valence electrons. The second kappa shape index (κ2) is 6.00. The van der Waals surface area contributed by atoms with Crippen LogP contribution in [0.4, 0.5) is 4.79 Å². The molecule has 1 fully saturated rings. The number of carbonyl (C=O) groups excluding carboxylic acids is 1. The van der Waals surface area contributed by atoms with Gasteiger partial charge in [0.1, 0.15) is 0 Å². The summed E-state index contributed by atoms with van der Waals surface area (Å²) in [5.74, 6) is 0.205. The molecule has 6 nitrogen and oxygen atoms in total. The molecule has 2 heterocycles. The van der Waals surface area contributed by atoms with Crippen LogP contribution in [0.25, 0.3) is 10.9 Å². The fourth-order valence-corrected chi connectivity index (χ4v) is 4.47. The maximum atomic E-state index is 11.8. The number of hydrogen-bond donors (Lipinski definition) is 3. The third-order valence-electron chi connectivity index (χ3n) is 3.92. The third kappa shape index (κ3) is 3.41. The van der Waals surface area contributed by atoms with Gasteiger partial charge in [-0.1, -0.05) is 18.2 Å². The Hall–Kier alpha value is -2.02. The zero-order valence-corrected chi connectivity index (χ0v) is 12.9. The number of para-hydroxylation sites is 1. The molecule has 2 amide bonds. The first-order valence-electron chi connectivity index (χ1n) is 7.33. The molecule has 22 heavy (non-hydrogen) atoms. The number of hydrogen-bond acceptors (Lipinski definition) is 3. The van der Waals surface area contributed by atoms with Gasteiger partial charge in [-0.3, -0.25) is 0 Å². The fourth-order valence-electron chi connectivity index (χ4n) is 2.79. The molecule has 1 aliphatic rings. The van der Waals surface area contributed by atoms with Crippen molar-refractivity contribution in [3.8, 4) is 0 Å². The molecule has 0 aliphatic carbocycles. The molecule has 1 aliphatic heterocycles. The highest BCUT2D eigenvalue weighted by atomic mass is 32.2. The molecule has 3 rings (SSSR count). The maximum absolute atomic E-state index is 11.8. The van der Waals surface area contributed by atoms with Crippen molar-refractivity contribution in [3.05, 3.63) is 36.0 Å². The predicted molar refractivity (Wildman–Crippen MR) is 85.6 cm³/mol. The Balaban J connectivity index is 1.48. The van der Waals surface area contributed by atoms with Crippen LogP contribution in [0.5, 0.6) is 0 Å². The van der Waals surface area contributed by atoms with Crippen LogP contribution in [0.15, 0.2) is 30.5 Å². The number of sulfone groups is 1. The number of aromatic amines is 1. The molecular weight excluding hydrogens is 302 g/mol. The van der Waals surface area contributed by atoms with Crippen LogP contribution in [0.2, 0.25) is 0 Å². The Morgan fingerprint density at radius 2 is 2.14 bits per heavy atom. The summed E-state index contributed by atoms with van der Waals surface area (Å²) in [7, 11) is -2.97. The molecular formula is C15H19N3O3S. The molecule has 0 unspecified atom stereocenters. The summed E-state index contributed by atoms with van der Waals surface area (Å²) < 4.78 is 22.7. The highest BCUT2D eigenvalue weighted by Crippen LogP contribution is 2.17. The van der Waals surface area contributed by atoms with Crippen LogP contribution in [0.1, 0.15) is 12.0 Å². The van der Waals surface area contributed by atoms with E-state index in [-0.39, 0.29) is 23.6 Å². The molecule has 1 saturated heterocycles. The Morgan fingerprint density at radius 3 is 2.91 bits per heavy atom. The van der Waals surface area contributed by atoms with Gasteiger partial charge in [-0.2, -0.15) is 0 Å². The standard InChI is InChI=1S/C15H19N3O3S/c19-15(18-12-6-8-22(20,21)10-12)16-7-5-11-9-17-14-4-2-1-3-13(11)14/h1-4,9,12,17H,5-8,10H2,(H2,16,18,19)/t12-/m1/s1. The van der Waals surface area contributed by atoms with Crippen molar-refractivity contribution in [2.75, 3.05) is 18.1 Å². The second-order valence-electron chi connectivity index (χ2n) is 5.61. The van der Waals surface area contributed by atoms with Crippen LogP contribution in [-0.4, -0.2) is 43.5 Å². The molecule has 7 heteroatoms. The van der Waals surface area contributed by atoms with Gasteiger partial charge in [-0.15, -0.1) is 0 Å². The summed E-state index contributed by atoms with van der Waals surface area (Å²) in [5, 5.41) is 6.65. The zero-order chi connectivity index (χ0) is 15.6. The number of aromatic nitrogens is 1. The lowest BCUT2D eigenvalue weighted by Crippen LogP contribution is -2.43. The Morgan fingerprint density at radius 1 is 1.32 bits per heavy atom. The van der Waals surface area contributed by atoms with Crippen molar-refractivity contribution in [2.45, 2.75) is 18.9 Å². The normalized spacial score (nSPS) is 20.1. The lowest BCUT2D eigenvalue weighted by molar-refractivity contribution is 0.238. The summed E-state index contributed by atoms with van der Waals surface area (Å²) in [4.78, 5) is 15.0. The van der Waals surface area contributed by atoms with Gasteiger partial charge in [-0.25, -0.2) is 13.2 Å². The topological polar surface area (TPSA) is 91.1 Å². The van der Waals surface area contributed by atoms with Gasteiger partial charge < -0.3 is 15.6 Å². The van der Waals surface area contributed by atoms with Gasteiger partial charge >= 0.3 is 6.03 Å². The number of carbonyl (C=O) groups is 1. The number of benzene rings is 1. The van der Waals surface area contributed by atoms with Crippen molar-refractivity contribution in [2.24, 2.45) is 0 Å². The zero-order valence-electron chi connectivity index (χ0n) is 12.1. The summed E-state index contributed by atoms with van der Waals surface area (Å²) in [5.41, 5.74) is 2.23. The van der Waals surface area contributed by atoms with Crippen LogP contribution in [0, 0.1) is 0 Å². The Kier molecular flexibility index (Phi) is 4.06. The van der Waals surface area contributed by atoms with E-state index in [0.717, 1.165) is 22.9 Å². The smallest absolute Gasteiger partial charge is 0.315 e. The highest BCUT2D eigenvalue weighted by molar-refractivity contribution is 7.91. The number of urea groups is 1. The van der Waals surface area contributed by atoms with Crippen molar-refractivity contribution in [1.82, 2.24) is 15.6 Å². The molecule has 2 aromatic rings. The van der Waals surface area contributed by atoms with Crippen molar-refractivity contribution in [1.29, 1.82) is 0 Å². The summed E-state index contributed by atoms with van der Waals surface area (Å²) in [6.07, 6.45) is 3.17. The van der Waals surface area contributed by atoms with E-state index in [9.17, 15) is 13.2 Å². The first-order chi connectivity index (χ1) is 10.5. The molecule has 1 aromatic carbocycles. The van der Waals surface area contributed by atoms with E-state index in [1.807, 2.05) is 30.5 Å². The summed E-state index contributed by atoms with van der Waals surface area (Å²) >= 11 is 0. The number of fused-ring (bicyclic) bond motifs is 1. The molecule has 0 bridgehead atoms. The number of rotatable bonds is 4. The van der Waals surface area contributed by atoms with Gasteiger partial charge in [0.2, 0.25) is 0 Å².